The molecular weight excluding hydrogens is 330 g/mol. The van der Waals surface area contributed by atoms with Crippen molar-refractivity contribution in [1.29, 1.82) is 5.26 Å². The maximum absolute atomic E-state index is 12.4. The highest BCUT2D eigenvalue weighted by atomic mass is 32.2. The van der Waals surface area contributed by atoms with Crippen LogP contribution in [0.5, 0.6) is 0 Å². The van der Waals surface area contributed by atoms with Crippen molar-refractivity contribution >= 4 is 15.8 Å². The number of aromatic nitrogens is 1. The molecule has 24 heavy (non-hydrogen) atoms. The summed E-state index contributed by atoms with van der Waals surface area (Å²) in [6.45, 7) is 4.18. The van der Waals surface area contributed by atoms with Crippen LogP contribution in [0.3, 0.4) is 0 Å². The molecule has 0 amide bonds. The number of hydrogen-bond donors (Lipinski definition) is 0. The summed E-state index contributed by atoms with van der Waals surface area (Å²) in [5, 5.41) is 9.26. The number of carbonyl (C=O) groups is 1. The fourth-order valence-electron chi connectivity index (χ4n) is 2.25. The zero-order valence-electron chi connectivity index (χ0n) is 13.3. The van der Waals surface area contributed by atoms with Crippen LogP contribution in [0.25, 0.3) is 0 Å². The lowest BCUT2D eigenvalue weighted by Gasteiger charge is -2.18. The SMILES string of the molecule is CCN(CC)S(=O)(=O)c1ccc([C@@H](C#N)C(=O)c2ccco2)nc1. The molecule has 1 atom stereocenters. The van der Waals surface area contributed by atoms with Gasteiger partial charge in [-0.15, -0.1) is 0 Å². The van der Waals surface area contributed by atoms with Gasteiger partial charge >= 0.3 is 0 Å². The van der Waals surface area contributed by atoms with Crippen LogP contribution in [0.2, 0.25) is 0 Å². The van der Waals surface area contributed by atoms with Gasteiger partial charge in [0.05, 0.1) is 18.0 Å². The first-order valence-corrected chi connectivity index (χ1v) is 8.83. The monoisotopic (exact) mass is 347 g/mol. The Labute approximate surface area is 140 Å². The topological polar surface area (TPSA) is 104 Å². The summed E-state index contributed by atoms with van der Waals surface area (Å²) in [5.74, 6) is -1.61. The zero-order chi connectivity index (χ0) is 17.7. The molecule has 0 saturated carbocycles. The largest absolute Gasteiger partial charge is 0.461 e. The smallest absolute Gasteiger partial charge is 0.244 e. The highest BCUT2D eigenvalue weighted by Crippen LogP contribution is 2.21. The van der Waals surface area contributed by atoms with Crippen molar-refractivity contribution in [3.63, 3.8) is 0 Å². The molecule has 0 bridgehead atoms. The van der Waals surface area contributed by atoms with Crippen molar-refractivity contribution < 1.29 is 17.6 Å². The summed E-state index contributed by atoms with van der Waals surface area (Å²) in [6.07, 6.45) is 2.51. The molecule has 126 valence electrons. The minimum Gasteiger partial charge on any atom is -0.461 e. The van der Waals surface area contributed by atoms with Crippen LogP contribution in [0.15, 0.2) is 46.0 Å². The first-order valence-electron chi connectivity index (χ1n) is 7.39. The molecule has 8 heteroatoms. The molecule has 7 nitrogen and oxygen atoms in total. The number of sulfonamides is 1. The molecule has 2 rings (SSSR count). The van der Waals surface area contributed by atoms with Crippen molar-refractivity contribution in [2.24, 2.45) is 0 Å². The summed E-state index contributed by atoms with van der Waals surface area (Å²) in [7, 11) is -3.63. The maximum atomic E-state index is 12.4. The molecule has 0 N–H and O–H groups in total. The molecule has 0 aliphatic heterocycles. The average Bonchev–Trinajstić information content (AvgIpc) is 3.11. The van der Waals surface area contributed by atoms with E-state index in [0.29, 0.717) is 13.1 Å². The lowest BCUT2D eigenvalue weighted by atomic mass is 9.99. The van der Waals surface area contributed by atoms with Crippen LogP contribution in [0.4, 0.5) is 0 Å². The molecule has 0 spiro atoms. The van der Waals surface area contributed by atoms with Crippen LogP contribution in [-0.4, -0.2) is 36.6 Å². The van der Waals surface area contributed by atoms with Crippen LogP contribution in [-0.2, 0) is 10.0 Å². The number of ketones is 1. The van der Waals surface area contributed by atoms with E-state index in [4.69, 9.17) is 4.42 Å². The average molecular weight is 347 g/mol. The van der Waals surface area contributed by atoms with E-state index in [1.807, 2.05) is 6.07 Å². The third-order valence-electron chi connectivity index (χ3n) is 3.55. The Hall–Kier alpha value is -2.50. The molecule has 0 radical (unpaired) electrons. The number of Topliss-reactive ketones (excluding diaryl/α,β-unsaturated/α-hetero) is 1. The lowest BCUT2D eigenvalue weighted by Crippen LogP contribution is -2.30. The van der Waals surface area contributed by atoms with Gasteiger partial charge in [0.15, 0.2) is 11.7 Å². The van der Waals surface area contributed by atoms with E-state index in [-0.39, 0.29) is 16.3 Å². The van der Waals surface area contributed by atoms with Gasteiger partial charge in [-0.05, 0) is 24.3 Å². The van der Waals surface area contributed by atoms with Crippen LogP contribution < -0.4 is 0 Å². The van der Waals surface area contributed by atoms with Crippen LogP contribution in [0, 0.1) is 11.3 Å². The summed E-state index contributed by atoms with van der Waals surface area (Å²) < 4.78 is 31.1. The molecule has 2 heterocycles. The molecule has 0 unspecified atom stereocenters. The Morgan fingerprint density at radius 2 is 2.04 bits per heavy atom. The molecule has 0 aromatic carbocycles. The predicted molar refractivity (Wildman–Crippen MR) is 85.7 cm³/mol. The van der Waals surface area contributed by atoms with Crippen molar-refractivity contribution in [3.05, 3.63) is 48.2 Å². The summed E-state index contributed by atoms with van der Waals surface area (Å²) in [4.78, 5) is 16.3. The number of furan rings is 1. The lowest BCUT2D eigenvalue weighted by molar-refractivity contribution is 0.0950. The first-order chi connectivity index (χ1) is 11.5. The summed E-state index contributed by atoms with van der Waals surface area (Å²) in [5.41, 5.74) is 0.178. The van der Waals surface area contributed by atoms with E-state index in [9.17, 15) is 18.5 Å². The second-order valence-corrected chi connectivity index (χ2v) is 6.85. The fraction of sp³-hybridized carbons (Fsp3) is 0.312. The van der Waals surface area contributed by atoms with E-state index in [0.717, 1.165) is 0 Å². The van der Waals surface area contributed by atoms with E-state index >= 15 is 0 Å². The third-order valence-corrected chi connectivity index (χ3v) is 5.59. The minimum atomic E-state index is -3.63. The third kappa shape index (κ3) is 3.37. The van der Waals surface area contributed by atoms with E-state index in [1.165, 1.54) is 35.0 Å². The molecule has 2 aromatic rings. The number of nitriles is 1. The van der Waals surface area contributed by atoms with Gasteiger partial charge in [0.1, 0.15) is 4.90 Å². The van der Waals surface area contributed by atoms with Gasteiger partial charge in [0.2, 0.25) is 15.8 Å². The Morgan fingerprint density at radius 1 is 1.33 bits per heavy atom. The van der Waals surface area contributed by atoms with Crippen molar-refractivity contribution in [2.75, 3.05) is 13.1 Å². The molecular formula is C16H17N3O4S. The Bertz CT molecular complexity index is 832. The molecule has 0 aliphatic rings. The van der Waals surface area contributed by atoms with Gasteiger partial charge in [-0.3, -0.25) is 9.78 Å². The first kappa shape index (κ1) is 17.8. The zero-order valence-corrected chi connectivity index (χ0v) is 14.2. The Kier molecular flexibility index (Phi) is 5.49. The van der Waals surface area contributed by atoms with Gasteiger partial charge in [-0.1, -0.05) is 13.8 Å². The number of nitrogens with zero attached hydrogens (tertiary/aromatic N) is 3. The number of hydrogen-bond acceptors (Lipinski definition) is 6. The van der Waals surface area contributed by atoms with Gasteiger partial charge < -0.3 is 4.42 Å². The standard InChI is InChI=1S/C16H17N3O4S/c1-3-19(4-2)24(21,22)12-7-8-14(18-11-12)13(10-17)16(20)15-6-5-9-23-15/h5-9,11,13H,3-4H2,1-2H3/t13-/m1/s1. The normalized spacial score (nSPS) is 12.8. The second-order valence-electron chi connectivity index (χ2n) is 4.91. The minimum absolute atomic E-state index is 0.0251. The Morgan fingerprint density at radius 3 is 2.50 bits per heavy atom. The van der Waals surface area contributed by atoms with Crippen LogP contribution in [0.1, 0.15) is 36.0 Å². The fourth-order valence-corrected chi connectivity index (χ4v) is 3.65. The quantitative estimate of drug-likeness (QED) is 0.711. The second kappa shape index (κ2) is 7.38. The van der Waals surface area contributed by atoms with Crippen molar-refractivity contribution in [1.82, 2.24) is 9.29 Å². The molecule has 0 aliphatic carbocycles. The van der Waals surface area contributed by atoms with Crippen molar-refractivity contribution in [2.45, 2.75) is 24.7 Å². The highest BCUT2D eigenvalue weighted by Gasteiger charge is 2.27. The van der Waals surface area contributed by atoms with E-state index in [2.05, 4.69) is 4.98 Å². The van der Waals surface area contributed by atoms with Gasteiger partial charge in [0.25, 0.3) is 0 Å². The number of pyridine rings is 1. The van der Waals surface area contributed by atoms with Gasteiger partial charge in [-0.2, -0.15) is 9.57 Å². The highest BCUT2D eigenvalue weighted by molar-refractivity contribution is 7.89. The number of rotatable bonds is 7. The summed E-state index contributed by atoms with van der Waals surface area (Å²) in [6, 6.07) is 7.63. The van der Waals surface area contributed by atoms with Crippen molar-refractivity contribution in [3.8, 4) is 6.07 Å². The van der Waals surface area contributed by atoms with Gasteiger partial charge in [0, 0.05) is 19.3 Å². The Balaban J connectivity index is 2.32. The van der Waals surface area contributed by atoms with E-state index in [1.54, 1.807) is 19.9 Å². The molecule has 2 aromatic heterocycles. The van der Waals surface area contributed by atoms with Gasteiger partial charge in [-0.25, -0.2) is 8.42 Å². The summed E-state index contributed by atoms with van der Waals surface area (Å²) >= 11 is 0. The maximum Gasteiger partial charge on any atom is 0.244 e. The van der Waals surface area contributed by atoms with E-state index < -0.39 is 21.7 Å². The number of carbonyl (C=O) groups excluding carboxylic acids is 1. The molecule has 0 fully saturated rings. The molecule has 0 saturated heterocycles. The van der Waals surface area contributed by atoms with Crippen LogP contribution >= 0.6 is 0 Å². The predicted octanol–water partition coefficient (Wildman–Crippen LogP) is 2.20.